The predicted octanol–water partition coefficient (Wildman–Crippen LogP) is 4.83. The van der Waals surface area contributed by atoms with E-state index in [-0.39, 0.29) is 30.0 Å². The van der Waals surface area contributed by atoms with Crippen molar-refractivity contribution in [2.24, 2.45) is 5.41 Å². The van der Waals surface area contributed by atoms with Gasteiger partial charge in [-0.2, -0.15) is 18.3 Å². The fourth-order valence-electron chi connectivity index (χ4n) is 7.26. The minimum Gasteiger partial charge on any atom is -0.380 e. The molecule has 2 saturated heterocycles. The highest BCUT2D eigenvalue weighted by atomic mass is 19.4. The second-order valence-corrected chi connectivity index (χ2v) is 13.5. The Bertz CT molecular complexity index is 2020. The number of hydrogen-bond donors (Lipinski definition) is 2. The Morgan fingerprint density at radius 2 is 1.73 bits per heavy atom. The zero-order valence-electron chi connectivity index (χ0n) is 28.3. The zero-order valence-corrected chi connectivity index (χ0v) is 28.3. The maximum absolute atomic E-state index is 14.4. The summed E-state index contributed by atoms with van der Waals surface area (Å²) in [4.78, 5) is 45.0. The normalized spacial score (nSPS) is 19.4. The number of para-hydroxylation sites is 1. The molecule has 270 valence electrons. The second-order valence-electron chi connectivity index (χ2n) is 13.5. The number of alkyl halides is 3. The van der Waals surface area contributed by atoms with Crippen LogP contribution in [0.4, 0.5) is 23.4 Å². The van der Waals surface area contributed by atoms with Gasteiger partial charge < -0.3 is 15.4 Å². The standard InChI is InChI=1S/C38H36F4N6O4/c1-3-47-35-31(29(45-48(35)28-10-5-4-6-11-28)17-43-33(49)23(2)18-46-19-37(20-46)21-52-22-37)30(24-12-14-27(39)15-13-24)32(36(47)51)44-34(50)25-8-7-9-26(16-25)38(40,41)42/h4-16,30,32H,2-3,17-22H2,1H3,(H,43,49)(H,44,50)/t30-,32-/m0/s1. The molecule has 4 aromatic rings. The van der Waals surface area contributed by atoms with E-state index in [0.717, 1.165) is 31.3 Å². The molecule has 1 aromatic heterocycles. The van der Waals surface area contributed by atoms with Gasteiger partial charge in [0.15, 0.2) is 0 Å². The number of benzene rings is 3. The lowest BCUT2D eigenvalue weighted by Crippen LogP contribution is -2.66. The Hall–Kier alpha value is -5.34. The molecule has 52 heavy (non-hydrogen) atoms. The lowest BCUT2D eigenvalue weighted by molar-refractivity contribution is -0.186. The molecule has 3 amide bonds. The van der Waals surface area contributed by atoms with Gasteiger partial charge in [-0.1, -0.05) is 43.0 Å². The van der Waals surface area contributed by atoms with Crippen LogP contribution in [0, 0.1) is 11.2 Å². The number of anilines is 1. The number of halogens is 4. The fourth-order valence-corrected chi connectivity index (χ4v) is 7.26. The van der Waals surface area contributed by atoms with Crippen LogP contribution >= 0.6 is 0 Å². The largest absolute Gasteiger partial charge is 0.416 e. The molecule has 2 atom stereocenters. The van der Waals surface area contributed by atoms with Gasteiger partial charge in [0.2, 0.25) is 5.91 Å². The molecule has 2 N–H and O–H groups in total. The van der Waals surface area contributed by atoms with Crippen molar-refractivity contribution in [3.8, 4) is 5.69 Å². The van der Waals surface area contributed by atoms with Gasteiger partial charge in [0.25, 0.3) is 11.8 Å². The molecule has 3 aromatic carbocycles. The van der Waals surface area contributed by atoms with Crippen LogP contribution < -0.4 is 15.5 Å². The van der Waals surface area contributed by atoms with Gasteiger partial charge in [-0.25, -0.2) is 9.07 Å². The Morgan fingerprint density at radius 1 is 1.02 bits per heavy atom. The molecule has 0 aliphatic carbocycles. The zero-order chi connectivity index (χ0) is 36.8. The summed E-state index contributed by atoms with van der Waals surface area (Å²) in [5.41, 5.74) is 1.12. The van der Waals surface area contributed by atoms with Crippen LogP contribution in [0.2, 0.25) is 0 Å². The summed E-state index contributed by atoms with van der Waals surface area (Å²) < 4.78 is 61.9. The van der Waals surface area contributed by atoms with Crippen molar-refractivity contribution in [1.29, 1.82) is 0 Å². The molecule has 0 bridgehead atoms. The van der Waals surface area contributed by atoms with Crippen LogP contribution in [0.25, 0.3) is 5.69 Å². The van der Waals surface area contributed by atoms with Crippen LogP contribution in [0.1, 0.15) is 45.6 Å². The van der Waals surface area contributed by atoms with Crippen molar-refractivity contribution in [3.63, 3.8) is 0 Å². The number of ether oxygens (including phenoxy) is 1. The van der Waals surface area contributed by atoms with E-state index in [0.29, 0.717) is 53.7 Å². The molecule has 14 heteroatoms. The maximum Gasteiger partial charge on any atom is 0.416 e. The number of hydrogen-bond acceptors (Lipinski definition) is 6. The van der Waals surface area contributed by atoms with Crippen LogP contribution in [-0.2, 0) is 27.0 Å². The van der Waals surface area contributed by atoms with Crippen LogP contribution in [-0.4, -0.2) is 77.8 Å². The molecule has 7 rings (SSSR count). The summed E-state index contributed by atoms with van der Waals surface area (Å²) >= 11 is 0. The number of nitrogens with zero attached hydrogens (tertiary/aromatic N) is 4. The van der Waals surface area contributed by atoms with Gasteiger partial charge in [0, 0.05) is 54.2 Å². The first-order chi connectivity index (χ1) is 24.9. The highest BCUT2D eigenvalue weighted by Gasteiger charge is 2.49. The van der Waals surface area contributed by atoms with E-state index < -0.39 is 41.3 Å². The van der Waals surface area contributed by atoms with Crippen molar-refractivity contribution in [2.75, 3.05) is 44.3 Å². The Kier molecular flexibility index (Phi) is 9.21. The number of aromatic nitrogens is 2. The number of nitrogens with one attached hydrogen (secondary N) is 2. The maximum atomic E-state index is 14.4. The van der Waals surface area contributed by atoms with E-state index in [4.69, 9.17) is 9.84 Å². The van der Waals surface area contributed by atoms with Crippen LogP contribution in [0.3, 0.4) is 0 Å². The molecule has 0 unspecified atom stereocenters. The van der Waals surface area contributed by atoms with Crippen LogP contribution in [0.5, 0.6) is 0 Å². The first kappa shape index (κ1) is 35.1. The molecule has 3 aliphatic heterocycles. The summed E-state index contributed by atoms with van der Waals surface area (Å²) in [6.07, 6.45) is -4.69. The number of likely N-dealkylation sites (N-methyl/N-ethyl adjacent to an activating group) is 1. The molecular weight excluding hydrogens is 680 g/mol. The number of carbonyl (C=O) groups is 3. The van der Waals surface area contributed by atoms with Gasteiger partial charge in [0.05, 0.1) is 36.7 Å². The SMILES string of the molecule is C=C(CN1CC2(COC2)C1)C(=O)NCc1nn(-c2ccccc2)c2c1[C@H](c1ccc(F)cc1)[C@H](NC(=O)c1cccc(C(F)(F)F)c1)C(=O)N2CC. The third kappa shape index (κ3) is 6.59. The molecular formula is C38H36F4N6O4. The molecule has 0 radical (unpaired) electrons. The van der Waals surface area contributed by atoms with E-state index in [1.54, 1.807) is 35.9 Å². The first-order valence-corrected chi connectivity index (χ1v) is 16.9. The van der Waals surface area contributed by atoms with Crippen molar-refractivity contribution < 1.29 is 36.7 Å². The minimum absolute atomic E-state index is 0.0878. The van der Waals surface area contributed by atoms with Crippen molar-refractivity contribution in [1.82, 2.24) is 25.3 Å². The number of likely N-dealkylation sites (tertiary alicyclic amines) is 1. The van der Waals surface area contributed by atoms with Gasteiger partial charge in [-0.3, -0.25) is 24.2 Å². The smallest absolute Gasteiger partial charge is 0.380 e. The third-order valence-corrected chi connectivity index (χ3v) is 9.78. The number of amides is 3. The highest BCUT2D eigenvalue weighted by molar-refractivity contribution is 6.05. The topological polar surface area (TPSA) is 109 Å². The molecule has 3 aliphatic rings. The number of rotatable bonds is 10. The van der Waals surface area contributed by atoms with Crippen molar-refractivity contribution in [2.45, 2.75) is 31.6 Å². The van der Waals surface area contributed by atoms with E-state index in [1.165, 1.54) is 35.2 Å². The van der Waals surface area contributed by atoms with E-state index in [9.17, 15) is 31.9 Å². The van der Waals surface area contributed by atoms with E-state index in [1.807, 2.05) is 6.07 Å². The average Bonchev–Trinajstić information content (AvgIpc) is 3.47. The molecule has 10 nitrogen and oxygen atoms in total. The van der Waals surface area contributed by atoms with Gasteiger partial charge in [-0.15, -0.1) is 0 Å². The third-order valence-electron chi connectivity index (χ3n) is 9.78. The average molecular weight is 717 g/mol. The fraction of sp³-hybridized carbons (Fsp3) is 0.316. The lowest BCUT2D eigenvalue weighted by Gasteiger charge is -2.55. The molecule has 1 spiro atoms. The quantitative estimate of drug-likeness (QED) is 0.180. The Balaban J connectivity index is 1.27. The van der Waals surface area contributed by atoms with Crippen molar-refractivity contribution >= 4 is 23.5 Å². The highest BCUT2D eigenvalue weighted by Crippen LogP contribution is 2.44. The number of carbonyl (C=O) groups excluding carboxylic acids is 3. The summed E-state index contributed by atoms with van der Waals surface area (Å²) in [5.74, 6) is -2.96. The summed E-state index contributed by atoms with van der Waals surface area (Å²) in [6.45, 7) is 9.25. The summed E-state index contributed by atoms with van der Waals surface area (Å²) in [6, 6.07) is 17.0. The second kappa shape index (κ2) is 13.7. The summed E-state index contributed by atoms with van der Waals surface area (Å²) in [7, 11) is 0. The molecule has 4 heterocycles. The lowest BCUT2D eigenvalue weighted by atomic mass is 9.78. The summed E-state index contributed by atoms with van der Waals surface area (Å²) in [5, 5.41) is 10.5. The molecule has 2 fully saturated rings. The monoisotopic (exact) mass is 716 g/mol. The predicted molar refractivity (Wildman–Crippen MR) is 183 cm³/mol. The first-order valence-electron chi connectivity index (χ1n) is 16.9. The van der Waals surface area contributed by atoms with Gasteiger partial charge in [0.1, 0.15) is 17.7 Å². The molecule has 0 saturated carbocycles. The van der Waals surface area contributed by atoms with Gasteiger partial charge >= 0.3 is 6.18 Å². The van der Waals surface area contributed by atoms with Crippen LogP contribution in [0.15, 0.2) is 91.0 Å². The van der Waals surface area contributed by atoms with Gasteiger partial charge in [-0.05, 0) is 55.0 Å². The van der Waals surface area contributed by atoms with Crippen molar-refractivity contribution in [3.05, 3.63) is 125 Å². The minimum atomic E-state index is -4.69. The van der Waals surface area contributed by atoms with E-state index in [2.05, 4.69) is 22.1 Å². The Morgan fingerprint density at radius 3 is 2.37 bits per heavy atom. The number of fused-ring (bicyclic) bond motifs is 1. The Labute approximate surface area is 297 Å². The van der Waals surface area contributed by atoms with E-state index >= 15 is 0 Å².